The zero-order valence-electron chi connectivity index (χ0n) is 11.6. The standard InChI is InChI=1S/C12H26N2O3/c1-9(2)7-17-8-11(15)6-13-10(3)12(16)14(4)5/h9-11,13,15H,6-8H2,1-5H3. The quantitative estimate of drug-likeness (QED) is 0.637. The number of hydrogen-bond acceptors (Lipinski definition) is 4. The summed E-state index contributed by atoms with van der Waals surface area (Å²) in [6, 6.07) is -0.287. The fourth-order valence-electron chi connectivity index (χ4n) is 1.29. The fourth-order valence-corrected chi connectivity index (χ4v) is 1.29. The van der Waals surface area contributed by atoms with E-state index in [4.69, 9.17) is 4.74 Å². The van der Waals surface area contributed by atoms with Crippen LogP contribution in [0.15, 0.2) is 0 Å². The predicted octanol–water partition coefficient (Wildman–Crippen LogP) is 0.0862. The average molecular weight is 246 g/mol. The molecule has 0 bridgehead atoms. The highest BCUT2D eigenvalue weighted by atomic mass is 16.5. The van der Waals surface area contributed by atoms with E-state index in [9.17, 15) is 9.90 Å². The Morgan fingerprint density at radius 1 is 1.29 bits per heavy atom. The van der Waals surface area contributed by atoms with E-state index < -0.39 is 6.10 Å². The summed E-state index contributed by atoms with van der Waals surface area (Å²) in [6.07, 6.45) is -0.578. The van der Waals surface area contributed by atoms with Crippen molar-refractivity contribution < 1.29 is 14.6 Å². The monoisotopic (exact) mass is 246 g/mol. The summed E-state index contributed by atoms with van der Waals surface area (Å²) in [5, 5.41) is 12.6. The molecule has 102 valence electrons. The molecule has 2 atom stereocenters. The smallest absolute Gasteiger partial charge is 0.238 e. The maximum atomic E-state index is 11.5. The van der Waals surface area contributed by atoms with Gasteiger partial charge in [-0.05, 0) is 12.8 Å². The van der Waals surface area contributed by atoms with Crippen LogP contribution in [0.4, 0.5) is 0 Å². The molecule has 5 nitrogen and oxygen atoms in total. The van der Waals surface area contributed by atoms with Crippen molar-refractivity contribution in [2.24, 2.45) is 5.92 Å². The van der Waals surface area contributed by atoms with Crippen molar-refractivity contribution >= 4 is 5.91 Å². The Hall–Kier alpha value is -0.650. The number of amides is 1. The van der Waals surface area contributed by atoms with Crippen molar-refractivity contribution in [1.82, 2.24) is 10.2 Å². The van der Waals surface area contributed by atoms with Crippen LogP contribution in [-0.2, 0) is 9.53 Å². The van der Waals surface area contributed by atoms with Gasteiger partial charge in [-0.2, -0.15) is 0 Å². The number of aliphatic hydroxyl groups excluding tert-OH is 1. The number of carbonyl (C=O) groups is 1. The van der Waals surface area contributed by atoms with Crippen molar-refractivity contribution in [3.05, 3.63) is 0 Å². The first-order valence-electron chi connectivity index (χ1n) is 6.05. The number of hydrogen-bond donors (Lipinski definition) is 2. The number of rotatable bonds is 8. The highest BCUT2D eigenvalue weighted by molar-refractivity contribution is 5.80. The lowest BCUT2D eigenvalue weighted by molar-refractivity contribution is -0.130. The molecule has 0 aromatic rings. The highest BCUT2D eigenvalue weighted by Gasteiger charge is 2.15. The second-order valence-corrected chi connectivity index (χ2v) is 4.95. The van der Waals surface area contributed by atoms with E-state index in [0.717, 1.165) is 0 Å². The molecule has 0 saturated heterocycles. The molecule has 0 aliphatic rings. The molecule has 0 aliphatic heterocycles. The van der Waals surface area contributed by atoms with Crippen LogP contribution in [0, 0.1) is 5.92 Å². The third kappa shape index (κ3) is 8.12. The highest BCUT2D eigenvalue weighted by Crippen LogP contribution is 1.94. The Labute approximate surface area is 104 Å². The van der Waals surface area contributed by atoms with E-state index in [2.05, 4.69) is 19.2 Å². The summed E-state index contributed by atoms with van der Waals surface area (Å²) >= 11 is 0. The lowest BCUT2D eigenvalue weighted by Crippen LogP contribution is -2.45. The van der Waals surface area contributed by atoms with E-state index >= 15 is 0 Å². The number of carbonyl (C=O) groups excluding carboxylic acids is 1. The third-order valence-corrected chi connectivity index (χ3v) is 2.23. The normalized spacial score (nSPS) is 14.8. The third-order valence-electron chi connectivity index (χ3n) is 2.23. The Balaban J connectivity index is 3.69. The van der Waals surface area contributed by atoms with E-state index in [1.54, 1.807) is 21.0 Å². The van der Waals surface area contributed by atoms with Gasteiger partial charge in [0.1, 0.15) is 0 Å². The van der Waals surface area contributed by atoms with Gasteiger partial charge in [0, 0.05) is 27.2 Å². The lowest BCUT2D eigenvalue weighted by atomic mass is 10.2. The largest absolute Gasteiger partial charge is 0.389 e. The minimum atomic E-state index is -0.578. The van der Waals surface area contributed by atoms with E-state index in [1.807, 2.05) is 0 Å². The van der Waals surface area contributed by atoms with Crippen molar-refractivity contribution in [2.45, 2.75) is 32.9 Å². The molecule has 0 radical (unpaired) electrons. The van der Waals surface area contributed by atoms with Crippen molar-refractivity contribution in [1.29, 1.82) is 0 Å². The van der Waals surface area contributed by atoms with Gasteiger partial charge < -0.3 is 20.1 Å². The van der Waals surface area contributed by atoms with Crippen LogP contribution in [0.3, 0.4) is 0 Å². The average Bonchev–Trinajstić information content (AvgIpc) is 2.24. The van der Waals surface area contributed by atoms with E-state index in [1.165, 1.54) is 4.90 Å². The van der Waals surface area contributed by atoms with Gasteiger partial charge in [-0.25, -0.2) is 0 Å². The molecular formula is C12H26N2O3. The summed E-state index contributed by atoms with van der Waals surface area (Å²) in [5.41, 5.74) is 0. The van der Waals surface area contributed by atoms with Gasteiger partial charge in [-0.3, -0.25) is 4.79 Å². The second-order valence-electron chi connectivity index (χ2n) is 4.95. The Morgan fingerprint density at radius 3 is 2.35 bits per heavy atom. The summed E-state index contributed by atoms with van der Waals surface area (Å²) < 4.78 is 5.31. The van der Waals surface area contributed by atoms with Gasteiger partial charge in [0.25, 0.3) is 0 Å². The summed E-state index contributed by atoms with van der Waals surface area (Å²) in [7, 11) is 3.42. The first-order chi connectivity index (χ1) is 7.84. The predicted molar refractivity (Wildman–Crippen MR) is 67.8 cm³/mol. The molecule has 5 heteroatoms. The number of nitrogens with one attached hydrogen (secondary N) is 1. The maximum absolute atomic E-state index is 11.5. The molecule has 17 heavy (non-hydrogen) atoms. The zero-order chi connectivity index (χ0) is 13.4. The molecule has 0 aromatic carbocycles. The molecule has 0 rings (SSSR count). The molecular weight excluding hydrogens is 220 g/mol. The molecule has 0 aliphatic carbocycles. The zero-order valence-corrected chi connectivity index (χ0v) is 11.6. The SMILES string of the molecule is CC(C)COCC(O)CNC(C)C(=O)N(C)C. The molecule has 2 N–H and O–H groups in total. The molecule has 0 heterocycles. The molecule has 2 unspecified atom stereocenters. The van der Waals surface area contributed by atoms with Crippen LogP contribution in [0.2, 0.25) is 0 Å². The lowest BCUT2D eigenvalue weighted by Gasteiger charge is -2.20. The first-order valence-corrected chi connectivity index (χ1v) is 6.05. The molecule has 0 spiro atoms. The van der Waals surface area contributed by atoms with Crippen LogP contribution in [0.1, 0.15) is 20.8 Å². The summed E-state index contributed by atoms with van der Waals surface area (Å²) in [6.45, 7) is 7.20. The second kappa shape index (κ2) is 8.44. The van der Waals surface area contributed by atoms with Gasteiger partial charge in [-0.15, -0.1) is 0 Å². The van der Waals surface area contributed by atoms with Crippen LogP contribution < -0.4 is 5.32 Å². The van der Waals surface area contributed by atoms with Gasteiger partial charge in [-0.1, -0.05) is 13.8 Å². The number of likely N-dealkylation sites (N-methyl/N-ethyl adjacent to an activating group) is 1. The van der Waals surface area contributed by atoms with Gasteiger partial charge in [0.05, 0.1) is 18.8 Å². The first kappa shape index (κ1) is 16.4. The minimum absolute atomic E-state index is 0.000277. The van der Waals surface area contributed by atoms with Crippen molar-refractivity contribution in [3.63, 3.8) is 0 Å². The number of nitrogens with zero attached hydrogens (tertiary/aromatic N) is 1. The van der Waals surface area contributed by atoms with Crippen LogP contribution >= 0.6 is 0 Å². The van der Waals surface area contributed by atoms with E-state index in [-0.39, 0.29) is 11.9 Å². The van der Waals surface area contributed by atoms with Crippen molar-refractivity contribution in [3.8, 4) is 0 Å². The topological polar surface area (TPSA) is 61.8 Å². The Bertz CT molecular complexity index is 220. The van der Waals surface area contributed by atoms with Crippen molar-refractivity contribution in [2.75, 3.05) is 33.9 Å². The Morgan fingerprint density at radius 2 is 1.88 bits per heavy atom. The van der Waals surface area contributed by atoms with Crippen LogP contribution in [0.5, 0.6) is 0 Å². The van der Waals surface area contributed by atoms with E-state index in [0.29, 0.717) is 25.7 Å². The molecule has 0 aromatic heterocycles. The summed E-state index contributed by atoms with van der Waals surface area (Å²) in [5.74, 6) is 0.463. The number of ether oxygens (including phenoxy) is 1. The van der Waals surface area contributed by atoms with Gasteiger partial charge in [0.2, 0.25) is 5.91 Å². The molecule has 0 fully saturated rings. The van der Waals surface area contributed by atoms with Gasteiger partial charge in [0.15, 0.2) is 0 Å². The molecule has 1 amide bonds. The van der Waals surface area contributed by atoms with Crippen LogP contribution in [-0.4, -0.2) is 61.9 Å². The fraction of sp³-hybridized carbons (Fsp3) is 0.917. The maximum Gasteiger partial charge on any atom is 0.238 e. The number of aliphatic hydroxyl groups is 1. The van der Waals surface area contributed by atoms with Crippen LogP contribution in [0.25, 0.3) is 0 Å². The summed E-state index contributed by atoms with van der Waals surface area (Å²) in [4.78, 5) is 13.0. The van der Waals surface area contributed by atoms with Gasteiger partial charge >= 0.3 is 0 Å². The minimum Gasteiger partial charge on any atom is -0.389 e. The molecule has 0 saturated carbocycles. The Kier molecular flexibility index (Phi) is 8.12.